The van der Waals surface area contributed by atoms with Crippen LogP contribution in [0.5, 0.6) is 0 Å². The van der Waals surface area contributed by atoms with Crippen LogP contribution in [0.2, 0.25) is 0 Å². The highest BCUT2D eigenvalue weighted by molar-refractivity contribution is 4.98. The zero-order valence-corrected chi connectivity index (χ0v) is 11.8. The fraction of sp³-hybridized carbons (Fsp3) is 0.786. The predicted octanol–water partition coefficient (Wildman–Crippen LogP) is 1.85. The van der Waals surface area contributed by atoms with Gasteiger partial charge in [-0.15, -0.1) is 0 Å². The first-order valence-electron chi connectivity index (χ1n) is 7.07. The summed E-state index contributed by atoms with van der Waals surface area (Å²) in [5, 5.41) is 3.22. The minimum absolute atomic E-state index is 0.435. The van der Waals surface area contributed by atoms with E-state index < -0.39 is 0 Å². The molecule has 2 rings (SSSR count). The molecule has 0 amide bonds. The molecule has 0 radical (unpaired) electrons. The number of likely N-dealkylation sites (N-methyl/N-ethyl adjacent to an activating group) is 2. The van der Waals surface area contributed by atoms with E-state index in [9.17, 15) is 0 Å². The number of oxazole rings is 1. The van der Waals surface area contributed by atoms with Crippen molar-refractivity contribution in [3.63, 3.8) is 0 Å². The Bertz CT molecular complexity index is 364. The van der Waals surface area contributed by atoms with Gasteiger partial charge in [0, 0.05) is 24.9 Å². The van der Waals surface area contributed by atoms with Crippen LogP contribution in [-0.4, -0.2) is 42.1 Å². The number of aromatic nitrogens is 1. The second-order valence-corrected chi connectivity index (χ2v) is 5.24. The zero-order valence-electron chi connectivity index (χ0n) is 11.8. The van der Waals surface area contributed by atoms with Crippen LogP contribution in [0.15, 0.2) is 10.6 Å². The van der Waals surface area contributed by atoms with Crippen LogP contribution in [0.1, 0.15) is 38.3 Å². The van der Waals surface area contributed by atoms with E-state index >= 15 is 0 Å². The molecule has 1 aliphatic rings. The molecule has 0 bridgehead atoms. The van der Waals surface area contributed by atoms with Crippen molar-refractivity contribution >= 4 is 0 Å². The number of hydrogen-bond acceptors (Lipinski definition) is 4. The highest BCUT2D eigenvalue weighted by Crippen LogP contribution is 2.20. The van der Waals surface area contributed by atoms with Crippen LogP contribution in [-0.2, 0) is 12.8 Å². The Hall–Kier alpha value is -0.870. The van der Waals surface area contributed by atoms with Gasteiger partial charge in [0.25, 0.3) is 0 Å². The SMILES string of the molecule is CCN1CCCC1Cc1ncc(CC(C)NC)o1. The van der Waals surface area contributed by atoms with Gasteiger partial charge in [0.2, 0.25) is 0 Å². The van der Waals surface area contributed by atoms with Gasteiger partial charge in [0.15, 0.2) is 5.89 Å². The van der Waals surface area contributed by atoms with E-state index in [0.717, 1.165) is 31.0 Å². The predicted molar refractivity (Wildman–Crippen MR) is 72.7 cm³/mol. The van der Waals surface area contributed by atoms with E-state index in [-0.39, 0.29) is 0 Å². The van der Waals surface area contributed by atoms with E-state index in [1.807, 2.05) is 13.2 Å². The molecule has 1 aromatic rings. The number of hydrogen-bond donors (Lipinski definition) is 1. The molecular formula is C14H25N3O. The standard InChI is InChI=1S/C14H25N3O/c1-4-17-7-5-6-12(17)9-14-16-10-13(18-14)8-11(2)15-3/h10-12,15H,4-9H2,1-3H3. The molecule has 1 N–H and O–H groups in total. The van der Waals surface area contributed by atoms with Crippen LogP contribution in [0.3, 0.4) is 0 Å². The summed E-state index contributed by atoms with van der Waals surface area (Å²) in [4.78, 5) is 6.94. The molecule has 18 heavy (non-hydrogen) atoms. The number of rotatable bonds is 6. The van der Waals surface area contributed by atoms with Gasteiger partial charge >= 0.3 is 0 Å². The van der Waals surface area contributed by atoms with E-state index in [1.54, 1.807) is 0 Å². The zero-order chi connectivity index (χ0) is 13.0. The quantitative estimate of drug-likeness (QED) is 0.838. The topological polar surface area (TPSA) is 41.3 Å². The molecule has 1 fully saturated rings. The molecule has 0 aromatic carbocycles. The molecule has 0 saturated carbocycles. The Balaban J connectivity index is 1.90. The number of nitrogens with one attached hydrogen (secondary N) is 1. The van der Waals surface area contributed by atoms with Crippen LogP contribution in [0.25, 0.3) is 0 Å². The molecule has 2 heterocycles. The van der Waals surface area contributed by atoms with Crippen molar-refractivity contribution in [1.29, 1.82) is 0 Å². The van der Waals surface area contributed by atoms with E-state index in [1.165, 1.54) is 19.4 Å². The summed E-state index contributed by atoms with van der Waals surface area (Å²) < 4.78 is 5.83. The van der Waals surface area contributed by atoms with Crippen LogP contribution in [0, 0.1) is 0 Å². The third kappa shape index (κ3) is 3.33. The Morgan fingerprint density at radius 3 is 3.17 bits per heavy atom. The Morgan fingerprint density at radius 2 is 2.44 bits per heavy atom. The molecule has 4 heteroatoms. The van der Waals surface area contributed by atoms with Gasteiger partial charge in [-0.1, -0.05) is 6.92 Å². The lowest BCUT2D eigenvalue weighted by molar-refractivity contribution is 0.252. The van der Waals surface area contributed by atoms with E-state index in [4.69, 9.17) is 4.42 Å². The molecule has 0 spiro atoms. The normalized spacial score (nSPS) is 22.5. The first-order chi connectivity index (χ1) is 8.72. The minimum atomic E-state index is 0.435. The molecule has 1 aromatic heterocycles. The molecule has 102 valence electrons. The fourth-order valence-corrected chi connectivity index (χ4v) is 2.68. The Morgan fingerprint density at radius 1 is 1.61 bits per heavy atom. The van der Waals surface area contributed by atoms with Gasteiger partial charge in [-0.25, -0.2) is 4.98 Å². The Kier molecular flexibility index (Phi) is 4.78. The van der Waals surface area contributed by atoms with Crippen molar-refractivity contribution in [3.05, 3.63) is 17.8 Å². The van der Waals surface area contributed by atoms with Gasteiger partial charge in [-0.2, -0.15) is 0 Å². The maximum atomic E-state index is 5.83. The van der Waals surface area contributed by atoms with E-state index in [2.05, 4.69) is 29.0 Å². The number of likely N-dealkylation sites (tertiary alicyclic amines) is 1. The minimum Gasteiger partial charge on any atom is -0.446 e. The molecule has 2 unspecified atom stereocenters. The maximum absolute atomic E-state index is 5.83. The second-order valence-electron chi connectivity index (χ2n) is 5.24. The molecule has 4 nitrogen and oxygen atoms in total. The van der Waals surface area contributed by atoms with Crippen LogP contribution in [0.4, 0.5) is 0 Å². The summed E-state index contributed by atoms with van der Waals surface area (Å²) in [5.74, 6) is 1.89. The van der Waals surface area contributed by atoms with Crippen molar-refractivity contribution in [2.75, 3.05) is 20.1 Å². The summed E-state index contributed by atoms with van der Waals surface area (Å²) in [5.41, 5.74) is 0. The highest BCUT2D eigenvalue weighted by atomic mass is 16.4. The van der Waals surface area contributed by atoms with Gasteiger partial charge in [0.05, 0.1) is 6.20 Å². The van der Waals surface area contributed by atoms with Crippen molar-refractivity contribution in [2.24, 2.45) is 0 Å². The van der Waals surface area contributed by atoms with Crippen LogP contribution >= 0.6 is 0 Å². The van der Waals surface area contributed by atoms with Crippen molar-refractivity contribution in [3.8, 4) is 0 Å². The molecule has 2 atom stereocenters. The lowest BCUT2D eigenvalue weighted by Crippen LogP contribution is -2.30. The fourth-order valence-electron chi connectivity index (χ4n) is 2.68. The maximum Gasteiger partial charge on any atom is 0.195 e. The first-order valence-corrected chi connectivity index (χ1v) is 7.07. The van der Waals surface area contributed by atoms with Gasteiger partial charge in [0.1, 0.15) is 5.76 Å². The van der Waals surface area contributed by atoms with Gasteiger partial charge in [-0.05, 0) is 39.9 Å². The molecular weight excluding hydrogens is 226 g/mol. The highest BCUT2D eigenvalue weighted by Gasteiger charge is 2.24. The second kappa shape index (κ2) is 6.34. The summed E-state index contributed by atoms with van der Waals surface area (Å²) in [6.45, 7) is 6.74. The first kappa shape index (κ1) is 13.6. The Labute approximate surface area is 110 Å². The van der Waals surface area contributed by atoms with Crippen molar-refractivity contribution < 1.29 is 4.42 Å². The van der Waals surface area contributed by atoms with E-state index in [0.29, 0.717) is 12.1 Å². The van der Waals surface area contributed by atoms with Crippen molar-refractivity contribution in [2.45, 2.75) is 51.6 Å². The summed E-state index contributed by atoms with van der Waals surface area (Å²) >= 11 is 0. The smallest absolute Gasteiger partial charge is 0.195 e. The monoisotopic (exact) mass is 251 g/mol. The van der Waals surface area contributed by atoms with Crippen LogP contribution < -0.4 is 5.32 Å². The average molecular weight is 251 g/mol. The summed E-state index contributed by atoms with van der Waals surface area (Å²) in [6.07, 6.45) is 6.34. The summed E-state index contributed by atoms with van der Waals surface area (Å²) in [7, 11) is 1.97. The van der Waals surface area contributed by atoms with Crippen molar-refractivity contribution in [1.82, 2.24) is 15.2 Å². The molecule has 1 aliphatic heterocycles. The molecule has 0 aliphatic carbocycles. The molecule has 1 saturated heterocycles. The van der Waals surface area contributed by atoms with Gasteiger partial charge in [-0.3, -0.25) is 0 Å². The third-order valence-corrected chi connectivity index (χ3v) is 3.92. The van der Waals surface area contributed by atoms with Gasteiger partial charge < -0.3 is 14.6 Å². The third-order valence-electron chi connectivity index (χ3n) is 3.92. The largest absolute Gasteiger partial charge is 0.446 e. The lowest BCUT2D eigenvalue weighted by atomic mass is 10.1. The number of nitrogens with zero attached hydrogens (tertiary/aromatic N) is 2. The summed E-state index contributed by atoms with van der Waals surface area (Å²) in [6, 6.07) is 1.06. The lowest BCUT2D eigenvalue weighted by Gasteiger charge is -2.21. The average Bonchev–Trinajstić information content (AvgIpc) is 2.99.